The number of carbonyl (C=O) groups excluding carboxylic acids is 1. The van der Waals surface area contributed by atoms with Gasteiger partial charge in [-0.25, -0.2) is 0 Å². The largest absolute Gasteiger partial charge is 0.386 e. The van der Waals surface area contributed by atoms with E-state index in [1.54, 1.807) is 7.05 Å². The summed E-state index contributed by atoms with van der Waals surface area (Å²) in [4.78, 5) is 10.7. The van der Waals surface area contributed by atoms with Crippen LogP contribution in [0.3, 0.4) is 0 Å². The summed E-state index contributed by atoms with van der Waals surface area (Å²) in [7, 11) is 1.68. The van der Waals surface area contributed by atoms with Crippen LogP contribution in [0, 0.1) is 0 Å². The van der Waals surface area contributed by atoms with Crippen molar-refractivity contribution in [3.63, 3.8) is 0 Å². The molecule has 0 aliphatic rings. The lowest BCUT2D eigenvalue weighted by molar-refractivity contribution is -0.118. The Labute approximate surface area is 99.8 Å². The van der Waals surface area contributed by atoms with Crippen LogP contribution >= 0.6 is 23.2 Å². The van der Waals surface area contributed by atoms with E-state index in [-0.39, 0.29) is 12.5 Å². The first-order valence-electron chi connectivity index (χ1n) is 4.25. The van der Waals surface area contributed by atoms with Crippen molar-refractivity contribution in [2.45, 2.75) is 6.92 Å². The van der Waals surface area contributed by atoms with E-state index < -0.39 is 0 Å². The summed E-state index contributed by atoms with van der Waals surface area (Å²) < 4.78 is 0. The fraction of sp³-hybridized carbons (Fsp3) is 0.300. The van der Waals surface area contributed by atoms with Crippen LogP contribution < -0.4 is 10.6 Å². The van der Waals surface area contributed by atoms with Crippen molar-refractivity contribution in [1.82, 2.24) is 10.6 Å². The monoisotopic (exact) mass is 248 g/mol. The maximum Gasteiger partial charge on any atom is 0.217 e. The predicted octanol–water partition coefficient (Wildman–Crippen LogP) is 2.10. The quantitative estimate of drug-likeness (QED) is 0.732. The molecule has 0 aromatic heterocycles. The molecule has 0 aromatic rings. The van der Waals surface area contributed by atoms with Crippen LogP contribution in [-0.2, 0) is 4.79 Å². The number of hydrogen-bond donors (Lipinski definition) is 2. The van der Waals surface area contributed by atoms with Gasteiger partial charge in [0.05, 0.1) is 15.8 Å². The SMILES string of the molecule is C=C(CNC(C)=O)/C(Cl)=C(/NC)C(=C)Cl. The first-order chi connectivity index (χ1) is 6.90. The molecule has 0 aliphatic carbocycles. The van der Waals surface area contributed by atoms with Gasteiger partial charge in [-0.15, -0.1) is 0 Å². The molecule has 0 atom stereocenters. The normalized spacial score (nSPS) is 11.5. The van der Waals surface area contributed by atoms with E-state index in [0.29, 0.717) is 21.3 Å². The molecule has 0 aliphatic heterocycles. The Morgan fingerprint density at radius 2 is 1.87 bits per heavy atom. The highest BCUT2D eigenvalue weighted by Gasteiger charge is 2.08. The molecule has 84 valence electrons. The van der Waals surface area contributed by atoms with Crippen LogP contribution in [0.15, 0.2) is 34.5 Å². The molecule has 0 radical (unpaired) electrons. The van der Waals surface area contributed by atoms with E-state index in [0.717, 1.165) is 0 Å². The minimum absolute atomic E-state index is 0.142. The third kappa shape index (κ3) is 4.91. The maximum absolute atomic E-state index is 10.7. The highest BCUT2D eigenvalue weighted by Crippen LogP contribution is 2.22. The first kappa shape index (κ1) is 14.1. The third-order valence-electron chi connectivity index (χ3n) is 1.60. The minimum Gasteiger partial charge on any atom is -0.386 e. The van der Waals surface area contributed by atoms with Crippen LogP contribution in [0.5, 0.6) is 0 Å². The Hall–Kier alpha value is -0.930. The van der Waals surface area contributed by atoms with Crippen LogP contribution in [0.2, 0.25) is 0 Å². The number of amides is 1. The van der Waals surface area contributed by atoms with Gasteiger partial charge in [0.1, 0.15) is 0 Å². The molecule has 5 heteroatoms. The summed E-state index contributed by atoms with van der Waals surface area (Å²) in [5.41, 5.74) is 1.08. The maximum atomic E-state index is 10.7. The second-order valence-corrected chi connectivity index (χ2v) is 3.69. The molecule has 0 spiro atoms. The summed E-state index contributed by atoms with van der Waals surface area (Å²) in [6.45, 7) is 8.99. The van der Waals surface area contributed by atoms with Gasteiger partial charge in [0.25, 0.3) is 0 Å². The number of likely N-dealkylation sites (N-methyl/N-ethyl adjacent to an activating group) is 1. The van der Waals surface area contributed by atoms with Gasteiger partial charge in [0, 0.05) is 20.5 Å². The Bertz CT molecular complexity index is 321. The smallest absolute Gasteiger partial charge is 0.217 e. The molecule has 0 unspecified atom stereocenters. The topological polar surface area (TPSA) is 41.1 Å². The fourth-order valence-electron chi connectivity index (χ4n) is 0.850. The van der Waals surface area contributed by atoms with Crippen LogP contribution in [0.25, 0.3) is 0 Å². The van der Waals surface area contributed by atoms with E-state index in [9.17, 15) is 4.79 Å². The second kappa shape index (κ2) is 6.53. The number of hydrogen-bond acceptors (Lipinski definition) is 2. The van der Waals surface area contributed by atoms with Gasteiger partial charge in [-0.3, -0.25) is 4.79 Å². The number of rotatable bonds is 5. The van der Waals surface area contributed by atoms with E-state index in [1.807, 2.05) is 0 Å². The fourth-order valence-corrected chi connectivity index (χ4v) is 1.36. The van der Waals surface area contributed by atoms with Gasteiger partial charge in [-0.2, -0.15) is 0 Å². The van der Waals surface area contributed by atoms with Gasteiger partial charge in [0.2, 0.25) is 5.91 Å². The van der Waals surface area contributed by atoms with Crippen molar-refractivity contribution in [3.8, 4) is 0 Å². The molecule has 3 nitrogen and oxygen atoms in total. The Morgan fingerprint density at radius 3 is 2.20 bits per heavy atom. The number of carbonyl (C=O) groups is 1. The summed E-state index contributed by atoms with van der Waals surface area (Å²) in [6.07, 6.45) is 0. The van der Waals surface area contributed by atoms with Crippen molar-refractivity contribution in [3.05, 3.63) is 34.5 Å². The molecule has 0 bridgehead atoms. The molecular formula is C10H14Cl2N2O. The lowest BCUT2D eigenvalue weighted by Gasteiger charge is -2.11. The number of halogens is 2. The molecule has 0 fully saturated rings. The van der Waals surface area contributed by atoms with E-state index in [1.165, 1.54) is 6.92 Å². The van der Waals surface area contributed by atoms with Crippen molar-refractivity contribution < 1.29 is 4.79 Å². The van der Waals surface area contributed by atoms with Gasteiger partial charge < -0.3 is 10.6 Å². The summed E-state index contributed by atoms with van der Waals surface area (Å²) in [5, 5.41) is 6.06. The average Bonchev–Trinajstić information content (AvgIpc) is 2.14. The number of allylic oxidation sites excluding steroid dienone is 1. The third-order valence-corrected chi connectivity index (χ3v) is 2.25. The molecule has 0 saturated heterocycles. The van der Waals surface area contributed by atoms with E-state index in [4.69, 9.17) is 23.2 Å². The highest BCUT2D eigenvalue weighted by atomic mass is 35.5. The standard InChI is InChI=1S/C10H14Cl2N2O/c1-6(5-14-8(3)15)9(12)10(13-4)7(2)11/h13H,1-2,5H2,3-4H3,(H,14,15)/b10-9-. The van der Waals surface area contributed by atoms with E-state index in [2.05, 4.69) is 23.8 Å². The molecule has 0 rings (SSSR count). The van der Waals surface area contributed by atoms with Crippen molar-refractivity contribution >= 4 is 29.1 Å². The van der Waals surface area contributed by atoms with Gasteiger partial charge in [-0.1, -0.05) is 36.4 Å². The highest BCUT2D eigenvalue weighted by molar-refractivity contribution is 6.36. The molecule has 1 amide bonds. The molecular weight excluding hydrogens is 235 g/mol. The zero-order valence-corrected chi connectivity index (χ0v) is 10.3. The van der Waals surface area contributed by atoms with Gasteiger partial charge >= 0.3 is 0 Å². The summed E-state index contributed by atoms with van der Waals surface area (Å²) in [6, 6.07) is 0. The van der Waals surface area contributed by atoms with Crippen LogP contribution in [0.1, 0.15) is 6.92 Å². The second-order valence-electron chi connectivity index (χ2n) is 2.86. The predicted molar refractivity (Wildman–Crippen MR) is 64.8 cm³/mol. The summed E-state index contributed by atoms with van der Waals surface area (Å²) >= 11 is 11.7. The van der Waals surface area contributed by atoms with Crippen LogP contribution in [0.4, 0.5) is 0 Å². The molecule has 2 N–H and O–H groups in total. The molecule has 0 saturated carbocycles. The first-order valence-corrected chi connectivity index (χ1v) is 5.00. The lowest BCUT2D eigenvalue weighted by Crippen LogP contribution is -2.23. The van der Waals surface area contributed by atoms with Gasteiger partial charge in [0.15, 0.2) is 0 Å². The molecule has 0 heterocycles. The Balaban J connectivity index is 4.66. The van der Waals surface area contributed by atoms with E-state index >= 15 is 0 Å². The molecule has 15 heavy (non-hydrogen) atoms. The van der Waals surface area contributed by atoms with Crippen molar-refractivity contribution in [2.24, 2.45) is 0 Å². The minimum atomic E-state index is -0.142. The lowest BCUT2D eigenvalue weighted by atomic mass is 10.2. The summed E-state index contributed by atoms with van der Waals surface area (Å²) in [5.74, 6) is -0.142. The number of nitrogens with one attached hydrogen (secondary N) is 2. The Kier molecular flexibility index (Phi) is 6.13. The van der Waals surface area contributed by atoms with Crippen molar-refractivity contribution in [1.29, 1.82) is 0 Å². The van der Waals surface area contributed by atoms with Crippen LogP contribution in [-0.4, -0.2) is 19.5 Å². The van der Waals surface area contributed by atoms with Crippen molar-refractivity contribution in [2.75, 3.05) is 13.6 Å². The zero-order chi connectivity index (χ0) is 12.0. The zero-order valence-electron chi connectivity index (χ0n) is 8.79. The molecule has 0 aromatic carbocycles. The van der Waals surface area contributed by atoms with Gasteiger partial charge in [-0.05, 0) is 5.57 Å². The Morgan fingerprint density at radius 1 is 1.33 bits per heavy atom. The average molecular weight is 249 g/mol.